The Labute approximate surface area is 179 Å². The summed E-state index contributed by atoms with van der Waals surface area (Å²) in [7, 11) is -2.39. The highest BCUT2D eigenvalue weighted by Gasteiger charge is 2.25. The van der Waals surface area contributed by atoms with Gasteiger partial charge < -0.3 is 10.6 Å². The van der Waals surface area contributed by atoms with Gasteiger partial charge in [-0.05, 0) is 48.8 Å². The zero-order valence-corrected chi connectivity index (χ0v) is 18.3. The summed E-state index contributed by atoms with van der Waals surface area (Å²) >= 11 is 7.53. The molecule has 1 unspecified atom stereocenters. The van der Waals surface area contributed by atoms with Gasteiger partial charge >= 0.3 is 0 Å². The monoisotopic (exact) mass is 455 g/mol. The second kappa shape index (κ2) is 10.6. The topological polar surface area (TPSA) is 104 Å². The van der Waals surface area contributed by atoms with E-state index in [1.165, 1.54) is 43.1 Å². The summed E-state index contributed by atoms with van der Waals surface area (Å²) in [6, 6.07) is 11.3. The van der Waals surface area contributed by atoms with E-state index >= 15 is 0 Å². The zero-order chi connectivity index (χ0) is 21.4. The van der Waals surface area contributed by atoms with Crippen LogP contribution in [0.25, 0.3) is 0 Å². The summed E-state index contributed by atoms with van der Waals surface area (Å²) in [5.74, 6) is -0.335. The molecule has 1 atom stereocenters. The SMILES string of the molecule is CNC(=O)c1cc(NC(=O)C(CCSC)NS(=O)(=O)c2ccccc2)ccc1Cl. The van der Waals surface area contributed by atoms with Crippen molar-refractivity contribution in [3.05, 3.63) is 59.1 Å². The van der Waals surface area contributed by atoms with Crippen molar-refractivity contribution >= 4 is 50.9 Å². The molecule has 0 heterocycles. The number of nitrogens with one attached hydrogen (secondary N) is 3. The number of amides is 2. The second-order valence-corrected chi connectivity index (χ2v) is 9.14. The Kier molecular flexibility index (Phi) is 8.51. The van der Waals surface area contributed by atoms with E-state index in [0.717, 1.165) is 0 Å². The van der Waals surface area contributed by atoms with E-state index in [1.54, 1.807) is 24.3 Å². The first-order valence-electron chi connectivity index (χ1n) is 8.67. The molecule has 0 aliphatic carbocycles. The van der Waals surface area contributed by atoms with Crippen molar-refractivity contribution in [1.29, 1.82) is 0 Å². The van der Waals surface area contributed by atoms with Crippen LogP contribution in [0.2, 0.25) is 5.02 Å². The van der Waals surface area contributed by atoms with Crippen molar-refractivity contribution in [1.82, 2.24) is 10.0 Å². The molecule has 0 radical (unpaired) electrons. The van der Waals surface area contributed by atoms with Gasteiger partial charge in [-0.3, -0.25) is 9.59 Å². The van der Waals surface area contributed by atoms with Gasteiger partial charge in [0.15, 0.2) is 0 Å². The number of hydrogen-bond acceptors (Lipinski definition) is 5. The molecule has 0 spiro atoms. The van der Waals surface area contributed by atoms with Crippen molar-refractivity contribution in [3.63, 3.8) is 0 Å². The van der Waals surface area contributed by atoms with Crippen molar-refractivity contribution in [2.45, 2.75) is 17.4 Å². The fraction of sp³-hybridized carbons (Fsp3) is 0.263. The Hall–Kier alpha value is -2.07. The lowest BCUT2D eigenvalue weighted by Crippen LogP contribution is -2.44. The molecule has 2 amide bonds. The Balaban J connectivity index is 2.22. The van der Waals surface area contributed by atoms with E-state index in [4.69, 9.17) is 11.6 Å². The highest BCUT2D eigenvalue weighted by Crippen LogP contribution is 2.21. The van der Waals surface area contributed by atoms with E-state index in [-0.39, 0.29) is 15.5 Å². The Bertz CT molecular complexity index is 969. The number of benzene rings is 2. The highest BCUT2D eigenvalue weighted by atomic mass is 35.5. The third kappa shape index (κ3) is 6.46. The lowest BCUT2D eigenvalue weighted by atomic mass is 10.1. The molecule has 2 rings (SSSR count). The molecule has 7 nitrogen and oxygen atoms in total. The van der Waals surface area contributed by atoms with Gasteiger partial charge in [0.1, 0.15) is 6.04 Å². The fourth-order valence-electron chi connectivity index (χ4n) is 2.48. The third-order valence-electron chi connectivity index (χ3n) is 3.98. The number of sulfonamides is 1. The van der Waals surface area contributed by atoms with E-state index < -0.39 is 27.9 Å². The third-order valence-corrected chi connectivity index (χ3v) is 6.44. The molecular weight excluding hydrogens is 434 g/mol. The first kappa shape index (κ1) is 23.2. The molecule has 0 aliphatic heterocycles. The smallest absolute Gasteiger partial charge is 0.252 e. The van der Waals surface area contributed by atoms with Crippen molar-refractivity contribution in [3.8, 4) is 0 Å². The number of anilines is 1. The van der Waals surface area contributed by atoms with Gasteiger partial charge in [-0.1, -0.05) is 29.8 Å². The molecule has 0 saturated carbocycles. The molecule has 0 saturated heterocycles. The Morgan fingerprint density at radius 2 is 1.83 bits per heavy atom. The normalized spacial score (nSPS) is 12.2. The summed E-state index contributed by atoms with van der Waals surface area (Å²) in [5, 5.41) is 5.37. The minimum Gasteiger partial charge on any atom is -0.355 e. The number of carbonyl (C=O) groups excluding carboxylic acids is 2. The molecule has 0 bridgehead atoms. The van der Waals surface area contributed by atoms with Gasteiger partial charge in [0.05, 0.1) is 15.5 Å². The van der Waals surface area contributed by atoms with E-state index in [1.807, 2.05) is 6.26 Å². The van der Waals surface area contributed by atoms with Gasteiger partial charge in [0.25, 0.3) is 5.91 Å². The van der Waals surface area contributed by atoms with Crippen LogP contribution in [0.15, 0.2) is 53.4 Å². The Morgan fingerprint density at radius 3 is 2.45 bits per heavy atom. The van der Waals surface area contributed by atoms with Crippen LogP contribution in [0, 0.1) is 0 Å². The molecule has 29 heavy (non-hydrogen) atoms. The molecule has 0 aliphatic rings. The first-order valence-corrected chi connectivity index (χ1v) is 11.9. The average Bonchev–Trinajstić information content (AvgIpc) is 2.72. The number of carbonyl (C=O) groups is 2. The molecule has 3 N–H and O–H groups in total. The van der Waals surface area contributed by atoms with Gasteiger partial charge in [-0.2, -0.15) is 16.5 Å². The van der Waals surface area contributed by atoms with Crippen LogP contribution >= 0.6 is 23.4 Å². The maximum atomic E-state index is 12.8. The fourth-order valence-corrected chi connectivity index (χ4v) is 4.40. The maximum Gasteiger partial charge on any atom is 0.252 e. The molecule has 2 aromatic rings. The molecule has 0 aromatic heterocycles. The quantitative estimate of drug-likeness (QED) is 0.539. The van der Waals surface area contributed by atoms with E-state index in [0.29, 0.717) is 17.9 Å². The van der Waals surface area contributed by atoms with Crippen LogP contribution in [0.5, 0.6) is 0 Å². The maximum absolute atomic E-state index is 12.8. The minimum absolute atomic E-state index is 0.0790. The predicted molar refractivity (Wildman–Crippen MR) is 117 cm³/mol. The summed E-state index contributed by atoms with van der Waals surface area (Å²) in [6.07, 6.45) is 2.17. The summed E-state index contributed by atoms with van der Waals surface area (Å²) in [5.41, 5.74) is 0.545. The van der Waals surface area contributed by atoms with Gasteiger partial charge in [-0.15, -0.1) is 0 Å². The van der Waals surface area contributed by atoms with Crippen LogP contribution in [0.1, 0.15) is 16.8 Å². The largest absolute Gasteiger partial charge is 0.355 e. The second-order valence-electron chi connectivity index (χ2n) is 6.03. The van der Waals surface area contributed by atoms with Crippen molar-refractivity contribution in [2.24, 2.45) is 0 Å². The van der Waals surface area contributed by atoms with Crippen LogP contribution in [0.4, 0.5) is 5.69 Å². The van der Waals surface area contributed by atoms with Gasteiger partial charge in [-0.25, -0.2) is 8.42 Å². The number of hydrogen-bond donors (Lipinski definition) is 3. The molecular formula is C19H22ClN3O4S2. The highest BCUT2D eigenvalue weighted by molar-refractivity contribution is 7.98. The molecule has 10 heteroatoms. The van der Waals surface area contributed by atoms with Gasteiger partial charge in [0, 0.05) is 12.7 Å². The average molecular weight is 456 g/mol. The van der Waals surface area contributed by atoms with E-state index in [9.17, 15) is 18.0 Å². The Morgan fingerprint density at radius 1 is 1.14 bits per heavy atom. The van der Waals surface area contributed by atoms with Crippen LogP contribution < -0.4 is 15.4 Å². The lowest BCUT2D eigenvalue weighted by Gasteiger charge is -2.18. The number of halogens is 1. The zero-order valence-electron chi connectivity index (χ0n) is 15.9. The van der Waals surface area contributed by atoms with Crippen LogP contribution in [-0.2, 0) is 14.8 Å². The summed E-state index contributed by atoms with van der Waals surface area (Å²) < 4.78 is 27.7. The predicted octanol–water partition coefficient (Wildman–Crippen LogP) is 2.74. The standard InChI is InChI=1S/C19H22ClN3O4S2/c1-21-18(24)15-12-13(8-9-16(15)20)22-19(25)17(10-11-28-2)23-29(26,27)14-6-4-3-5-7-14/h3-9,12,17,23H,10-11H2,1-2H3,(H,21,24)(H,22,25). The summed E-state index contributed by atoms with van der Waals surface area (Å²) in [6.45, 7) is 0. The molecule has 0 fully saturated rings. The number of rotatable bonds is 9. The van der Waals surface area contributed by atoms with E-state index in [2.05, 4.69) is 15.4 Å². The molecule has 2 aromatic carbocycles. The van der Waals surface area contributed by atoms with Gasteiger partial charge in [0.2, 0.25) is 15.9 Å². The molecule has 156 valence electrons. The first-order chi connectivity index (χ1) is 13.8. The number of thioether (sulfide) groups is 1. The summed E-state index contributed by atoms with van der Waals surface area (Å²) in [4.78, 5) is 24.8. The lowest BCUT2D eigenvalue weighted by molar-refractivity contribution is -0.117. The minimum atomic E-state index is -3.86. The van der Waals surface area contributed by atoms with Crippen molar-refractivity contribution < 1.29 is 18.0 Å². The van der Waals surface area contributed by atoms with Crippen molar-refractivity contribution in [2.75, 3.05) is 24.4 Å². The van der Waals surface area contributed by atoms with Crippen LogP contribution in [-0.4, -0.2) is 45.3 Å². The van der Waals surface area contributed by atoms with Crippen LogP contribution in [0.3, 0.4) is 0 Å².